The lowest BCUT2D eigenvalue weighted by molar-refractivity contribution is 0.240. The molecule has 0 amide bonds. The molecule has 0 heterocycles. The summed E-state index contributed by atoms with van der Waals surface area (Å²) in [6, 6.07) is 6.09. The molecule has 0 bridgehead atoms. The lowest BCUT2D eigenvalue weighted by atomic mass is 9.81. The van der Waals surface area contributed by atoms with Crippen molar-refractivity contribution in [2.45, 2.75) is 60.0 Å². The summed E-state index contributed by atoms with van der Waals surface area (Å²) >= 11 is 5.97. The van der Waals surface area contributed by atoms with Crippen LogP contribution in [0.4, 0.5) is 0 Å². The van der Waals surface area contributed by atoms with Gasteiger partial charge in [-0.2, -0.15) is 0 Å². The van der Waals surface area contributed by atoms with Crippen molar-refractivity contribution in [3.8, 4) is 0 Å². The fraction of sp³-hybridized carbons (Fsp3) is 0.625. The van der Waals surface area contributed by atoms with Crippen LogP contribution in [0.25, 0.3) is 0 Å². The minimum atomic E-state index is 0.143. The monoisotopic (exact) mass is 267 g/mol. The van der Waals surface area contributed by atoms with Gasteiger partial charge in [0.25, 0.3) is 0 Å². The third kappa shape index (κ3) is 5.41. The topological polar surface area (TPSA) is 12.0 Å². The van der Waals surface area contributed by atoms with Gasteiger partial charge in [-0.1, -0.05) is 38.4 Å². The Kier molecular flexibility index (Phi) is 4.85. The molecule has 0 aliphatic carbocycles. The first kappa shape index (κ1) is 15.5. The van der Waals surface area contributed by atoms with Gasteiger partial charge in [0.05, 0.1) is 0 Å². The molecule has 102 valence electrons. The average molecular weight is 268 g/mol. The molecule has 0 aliphatic heterocycles. The minimum absolute atomic E-state index is 0.143. The molecule has 1 aromatic carbocycles. The Morgan fingerprint density at radius 2 is 1.72 bits per heavy atom. The molecule has 0 radical (unpaired) electrons. The van der Waals surface area contributed by atoms with E-state index in [1.165, 1.54) is 11.1 Å². The van der Waals surface area contributed by atoms with Crippen LogP contribution in [0.3, 0.4) is 0 Å². The zero-order valence-electron chi connectivity index (χ0n) is 12.5. The highest BCUT2D eigenvalue weighted by Gasteiger charge is 2.24. The third-order valence-electron chi connectivity index (χ3n) is 3.03. The first-order valence-electron chi connectivity index (χ1n) is 6.59. The van der Waals surface area contributed by atoms with Crippen LogP contribution in [-0.2, 0) is 6.54 Å². The van der Waals surface area contributed by atoms with Gasteiger partial charge in [0.2, 0.25) is 0 Å². The molecule has 2 heteroatoms. The van der Waals surface area contributed by atoms with E-state index in [1.54, 1.807) is 0 Å². The van der Waals surface area contributed by atoms with Crippen molar-refractivity contribution < 1.29 is 0 Å². The molecule has 0 saturated carbocycles. The van der Waals surface area contributed by atoms with Crippen LogP contribution >= 0.6 is 11.6 Å². The highest BCUT2D eigenvalue weighted by atomic mass is 35.5. The number of nitrogens with one attached hydrogen (secondary N) is 1. The molecule has 0 unspecified atom stereocenters. The van der Waals surface area contributed by atoms with E-state index in [2.05, 4.69) is 52.9 Å². The van der Waals surface area contributed by atoms with Crippen LogP contribution in [-0.4, -0.2) is 5.54 Å². The van der Waals surface area contributed by atoms with Crippen molar-refractivity contribution in [2.24, 2.45) is 5.41 Å². The van der Waals surface area contributed by atoms with Crippen molar-refractivity contribution >= 4 is 11.6 Å². The van der Waals surface area contributed by atoms with Crippen LogP contribution < -0.4 is 5.32 Å². The summed E-state index contributed by atoms with van der Waals surface area (Å²) in [4.78, 5) is 0. The van der Waals surface area contributed by atoms with Crippen molar-refractivity contribution in [2.75, 3.05) is 0 Å². The van der Waals surface area contributed by atoms with Crippen molar-refractivity contribution in [3.63, 3.8) is 0 Å². The van der Waals surface area contributed by atoms with Crippen LogP contribution in [0, 0.1) is 12.3 Å². The first-order valence-corrected chi connectivity index (χ1v) is 6.97. The molecule has 0 aromatic heterocycles. The molecule has 1 N–H and O–H groups in total. The van der Waals surface area contributed by atoms with Gasteiger partial charge in [-0.05, 0) is 55.9 Å². The van der Waals surface area contributed by atoms with Crippen LogP contribution in [0.5, 0.6) is 0 Å². The second-order valence-corrected chi connectivity index (χ2v) is 7.48. The van der Waals surface area contributed by atoms with E-state index >= 15 is 0 Å². The summed E-state index contributed by atoms with van der Waals surface area (Å²) in [5.74, 6) is 0. The summed E-state index contributed by atoms with van der Waals surface area (Å²) in [7, 11) is 0. The Morgan fingerprint density at radius 1 is 1.11 bits per heavy atom. The molecule has 0 atom stereocenters. The molecule has 0 spiro atoms. The third-order valence-corrected chi connectivity index (χ3v) is 3.27. The first-order chi connectivity index (χ1) is 8.09. The summed E-state index contributed by atoms with van der Waals surface area (Å²) in [6.45, 7) is 14.4. The van der Waals surface area contributed by atoms with Gasteiger partial charge in [0.1, 0.15) is 0 Å². The maximum atomic E-state index is 5.97. The van der Waals surface area contributed by atoms with Crippen LogP contribution in [0.1, 0.15) is 52.2 Å². The maximum Gasteiger partial charge on any atom is 0.0408 e. The van der Waals surface area contributed by atoms with Crippen LogP contribution in [0.2, 0.25) is 5.02 Å². The van der Waals surface area contributed by atoms with Gasteiger partial charge < -0.3 is 5.32 Å². The van der Waals surface area contributed by atoms with Gasteiger partial charge >= 0.3 is 0 Å². The molecular formula is C16H26ClN. The molecule has 0 aliphatic rings. The Bertz CT molecular complexity index is 402. The SMILES string of the molecule is Cc1cc(Cl)ccc1CNC(C)(C)CC(C)(C)C. The largest absolute Gasteiger partial charge is 0.308 e. The van der Waals surface area contributed by atoms with E-state index < -0.39 is 0 Å². The maximum absolute atomic E-state index is 5.97. The number of benzene rings is 1. The number of rotatable bonds is 4. The van der Waals surface area contributed by atoms with Crippen molar-refractivity contribution in [1.82, 2.24) is 5.32 Å². The zero-order chi connectivity index (χ0) is 14.0. The lowest BCUT2D eigenvalue weighted by Crippen LogP contribution is -2.41. The predicted molar refractivity (Wildman–Crippen MR) is 81.2 cm³/mol. The van der Waals surface area contributed by atoms with Gasteiger partial charge in [0.15, 0.2) is 0 Å². The molecule has 1 aromatic rings. The van der Waals surface area contributed by atoms with E-state index in [0.29, 0.717) is 5.41 Å². The Labute approximate surface area is 117 Å². The van der Waals surface area contributed by atoms with E-state index in [9.17, 15) is 0 Å². The highest BCUT2D eigenvalue weighted by molar-refractivity contribution is 6.30. The number of halogens is 1. The second kappa shape index (κ2) is 5.63. The van der Waals surface area contributed by atoms with E-state index in [4.69, 9.17) is 11.6 Å². The molecular weight excluding hydrogens is 242 g/mol. The van der Waals surface area contributed by atoms with Gasteiger partial charge in [0, 0.05) is 17.1 Å². The fourth-order valence-electron chi connectivity index (χ4n) is 2.58. The van der Waals surface area contributed by atoms with E-state index in [-0.39, 0.29) is 5.54 Å². The standard InChI is InChI=1S/C16H26ClN/c1-12-9-14(17)8-7-13(12)10-18-16(5,6)11-15(2,3)4/h7-9,18H,10-11H2,1-6H3. The number of aryl methyl sites for hydroxylation is 1. The summed E-state index contributed by atoms with van der Waals surface area (Å²) in [6.07, 6.45) is 1.15. The summed E-state index contributed by atoms with van der Waals surface area (Å²) in [5, 5.41) is 4.46. The summed E-state index contributed by atoms with van der Waals surface area (Å²) < 4.78 is 0. The summed E-state index contributed by atoms with van der Waals surface area (Å²) in [5.41, 5.74) is 3.05. The van der Waals surface area contributed by atoms with Gasteiger partial charge in [-0.3, -0.25) is 0 Å². The van der Waals surface area contributed by atoms with Crippen molar-refractivity contribution in [3.05, 3.63) is 34.3 Å². The smallest absolute Gasteiger partial charge is 0.0408 e. The number of hydrogen-bond donors (Lipinski definition) is 1. The lowest BCUT2D eigenvalue weighted by Gasteiger charge is -2.33. The quantitative estimate of drug-likeness (QED) is 0.814. The van der Waals surface area contributed by atoms with E-state index in [1.807, 2.05) is 12.1 Å². The number of hydrogen-bond acceptors (Lipinski definition) is 1. The average Bonchev–Trinajstić information content (AvgIpc) is 2.12. The van der Waals surface area contributed by atoms with E-state index in [0.717, 1.165) is 18.0 Å². The second-order valence-electron chi connectivity index (χ2n) is 7.05. The molecule has 0 saturated heterocycles. The molecule has 18 heavy (non-hydrogen) atoms. The Hall–Kier alpha value is -0.530. The Balaban J connectivity index is 2.64. The zero-order valence-corrected chi connectivity index (χ0v) is 13.3. The molecule has 1 rings (SSSR count). The van der Waals surface area contributed by atoms with Gasteiger partial charge in [-0.25, -0.2) is 0 Å². The molecule has 1 nitrogen and oxygen atoms in total. The predicted octanol–water partition coefficient (Wildman–Crippen LogP) is 4.95. The fourth-order valence-corrected chi connectivity index (χ4v) is 2.81. The highest BCUT2D eigenvalue weighted by Crippen LogP contribution is 2.27. The minimum Gasteiger partial charge on any atom is -0.308 e. The van der Waals surface area contributed by atoms with Gasteiger partial charge in [-0.15, -0.1) is 0 Å². The Morgan fingerprint density at radius 3 is 2.22 bits per heavy atom. The normalized spacial score (nSPS) is 12.8. The van der Waals surface area contributed by atoms with Crippen LogP contribution in [0.15, 0.2) is 18.2 Å². The molecule has 0 fully saturated rings. The van der Waals surface area contributed by atoms with Crippen molar-refractivity contribution in [1.29, 1.82) is 0 Å².